The van der Waals surface area contributed by atoms with E-state index < -0.39 is 42.3 Å². The van der Waals surface area contributed by atoms with E-state index in [0.717, 1.165) is 10.4 Å². The second kappa shape index (κ2) is 12.0. The molecule has 224 valence electrons. The second-order valence-corrected chi connectivity index (χ2v) is 12.8. The number of carbonyl (C=O) groups is 2. The van der Waals surface area contributed by atoms with Crippen molar-refractivity contribution in [2.24, 2.45) is 0 Å². The van der Waals surface area contributed by atoms with Crippen molar-refractivity contribution in [3.05, 3.63) is 107 Å². The number of aromatic hydroxyl groups is 1. The van der Waals surface area contributed by atoms with E-state index in [9.17, 15) is 36.1 Å². The van der Waals surface area contributed by atoms with Crippen molar-refractivity contribution in [3.8, 4) is 5.75 Å². The Labute approximate surface area is 249 Å². The molecule has 0 saturated heterocycles. The van der Waals surface area contributed by atoms with Gasteiger partial charge in [-0.2, -0.15) is 12.7 Å². The summed E-state index contributed by atoms with van der Waals surface area (Å²) in [6.45, 7) is 4.01. The maximum atomic E-state index is 13.4. The van der Waals surface area contributed by atoms with E-state index in [2.05, 4.69) is 5.32 Å². The summed E-state index contributed by atoms with van der Waals surface area (Å²) >= 11 is 0. The van der Waals surface area contributed by atoms with Crippen LogP contribution in [0.4, 0.5) is 17.1 Å². The number of nitrogens with one attached hydrogen (secondary N) is 1. The minimum absolute atomic E-state index is 0.0113. The fourth-order valence-corrected chi connectivity index (χ4v) is 6.40. The Hall–Kier alpha value is -4.56. The van der Waals surface area contributed by atoms with E-state index in [4.69, 9.17) is 5.73 Å². The number of phenolic OH excluding ortho intramolecular Hbond substituents is 1. The van der Waals surface area contributed by atoms with Gasteiger partial charge in [0.05, 0.1) is 27.4 Å². The molecule has 0 bridgehead atoms. The van der Waals surface area contributed by atoms with Gasteiger partial charge in [-0.3, -0.25) is 14.1 Å². The van der Waals surface area contributed by atoms with Crippen LogP contribution in [0.25, 0.3) is 0 Å². The number of carbonyl (C=O) groups excluding carboxylic acids is 2. The molecule has 0 radical (unpaired) electrons. The first-order chi connectivity index (χ1) is 20.3. The van der Waals surface area contributed by atoms with Crippen LogP contribution in [-0.2, 0) is 26.7 Å². The quantitative estimate of drug-likeness (QED) is 0.148. The SMILES string of the molecule is CC.CN(Cc1ccc(Nc2cc(S(=O)(=O)O)c(N)c3c2C(=O)c2ccccc2C3=O)cc1)S(=O)(=O)c1ccc(O)cc1. The van der Waals surface area contributed by atoms with Crippen LogP contribution in [0, 0.1) is 0 Å². The molecule has 0 heterocycles. The number of nitrogen functional groups attached to an aromatic ring is 1. The third-order valence-corrected chi connectivity index (χ3v) is 9.37. The van der Waals surface area contributed by atoms with Gasteiger partial charge >= 0.3 is 0 Å². The highest BCUT2D eigenvalue weighted by Gasteiger charge is 2.36. The van der Waals surface area contributed by atoms with Crippen LogP contribution in [0.5, 0.6) is 5.75 Å². The molecular weight excluding hydrogens is 594 g/mol. The van der Waals surface area contributed by atoms with Crippen LogP contribution in [0.15, 0.2) is 88.7 Å². The normalized spacial score (nSPS) is 12.7. The fraction of sp³-hybridized carbons (Fsp3) is 0.133. The molecule has 1 aliphatic carbocycles. The molecule has 5 rings (SSSR count). The zero-order valence-corrected chi connectivity index (χ0v) is 25.0. The number of rotatable bonds is 7. The summed E-state index contributed by atoms with van der Waals surface area (Å²) in [6.07, 6.45) is 0. The van der Waals surface area contributed by atoms with E-state index in [1.165, 1.54) is 43.4 Å². The number of sulfonamides is 1. The van der Waals surface area contributed by atoms with Crippen molar-refractivity contribution in [1.29, 1.82) is 0 Å². The van der Waals surface area contributed by atoms with E-state index in [-0.39, 0.29) is 45.1 Å². The molecule has 0 unspecified atom stereocenters. The van der Waals surface area contributed by atoms with Crippen molar-refractivity contribution in [2.75, 3.05) is 18.1 Å². The lowest BCUT2D eigenvalue weighted by Crippen LogP contribution is -2.26. The van der Waals surface area contributed by atoms with Gasteiger partial charge in [-0.15, -0.1) is 0 Å². The Morgan fingerprint density at radius 3 is 1.88 bits per heavy atom. The van der Waals surface area contributed by atoms with Gasteiger partial charge < -0.3 is 16.2 Å². The Kier molecular flexibility index (Phi) is 8.74. The summed E-state index contributed by atoms with van der Waals surface area (Å²) in [5.74, 6) is -1.27. The van der Waals surface area contributed by atoms with Gasteiger partial charge in [0.1, 0.15) is 10.6 Å². The van der Waals surface area contributed by atoms with Crippen LogP contribution in [0.3, 0.4) is 0 Å². The van der Waals surface area contributed by atoms with Crippen LogP contribution >= 0.6 is 0 Å². The fourth-order valence-electron chi connectivity index (χ4n) is 4.59. The number of benzene rings is 4. The molecule has 0 amide bonds. The van der Waals surface area contributed by atoms with Crippen molar-refractivity contribution >= 4 is 48.8 Å². The highest BCUT2D eigenvalue weighted by atomic mass is 32.2. The lowest BCUT2D eigenvalue weighted by atomic mass is 9.82. The summed E-state index contributed by atoms with van der Waals surface area (Å²) in [6, 6.07) is 18.6. The highest BCUT2D eigenvalue weighted by Crippen LogP contribution is 2.40. The van der Waals surface area contributed by atoms with Gasteiger partial charge in [-0.05, 0) is 48.0 Å². The molecule has 11 nitrogen and oxygen atoms in total. The molecule has 0 saturated carbocycles. The largest absolute Gasteiger partial charge is 0.508 e. The molecule has 0 fully saturated rings. The number of hydrogen-bond donors (Lipinski definition) is 4. The number of fused-ring (bicyclic) bond motifs is 2. The van der Waals surface area contributed by atoms with Gasteiger partial charge in [0.25, 0.3) is 10.1 Å². The van der Waals surface area contributed by atoms with Gasteiger partial charge in [-0.1, -0.05) is 50.2 Å². The standard InChI is InChI=1S/C28H23N3O8S2.C2H6/c1-31(40(35,36)19-12-10-18(32)11-13-19)15-16-6-8-17(9-7-16)30-22-14-23(41(37,38)39)26(29)25-24(22)27(33)20-4-2-3-5-21(20)28(25)34;1-2/h2-14,30,32H,15,29H2,1H3,(H,37,38,39);1-2H3. The lowest BCUT2D eigenvalue weighted by molar-refractivity contribution is 0.0980. The third kappa shape index (κ3) is 6.01. The van der Waals surface area contributed by atoms with E-state index in [1.807, 2.05) is 13.8 Å². The van der Waals surface area contributed by atoms with E-state index in [0.29, 0.717) is 11.3 Å². The van der Waals surface area contributed by atoms with Gasteiger partial charge in [0.2, 0.25) is 10.0 Å². The summed E-state index contributed by atoms with van der Waals surface area (Å²) < 4.78 is 60.9. The average molecular weight is 624 g/mol. The molecule has 43 heavy (non-hydrogen) atoms. The number of nitrogens with zero attached hydrogens (tertiary/aromatic N) is 1. The number of nitrogens with two attached hydrogens (primary N) is 1. The zero-order valence-electron chi connectivity index (χ0n) is 23.4. The molecule has 4 aromatic carbocycles. The molecule has 0 spiro atoms. The lowest BCUT2D eigenvalue weighted by Gasteiger charge is -2.23. The molecular formula is C30H29N3O8S2. The van der Waals surface area contributed by atoms with Crippen LogP contribution in [0.2, 0.25) is 0 Å². The van der Waals surface area contributed by atoms with Gasteiger partial charge in [-0.25, -0.2) is 8.42 Å². The first-order valence-electron chi connectivity index (χ1n) is 13.0. The molecule has 13 heteroatoms. The predicted molar refractivity (Wildman–Crippen MR) is 162 cm³/mol. The maximum absolute atomic E-state index is 13.4. The molecule has 0 aromatic heterocycles. The summed E-state index contributed by atoms with van der Waals surface area (Å²) in [5, 5.41) is 12.4. The number of hydrogen-bond acceptors (Lipinski definition) is 9. The summed E-state index contributed by atoms with van der Waals surface area (Å²) in [4.78, 5) is 26.0. The predicted octanol–water partition coefficient (Wildman–Crippen LogP) is 4.59. The molecule has 5 N–H and O–H groups in total. The minimum atomic E-state index is -4.86. The van der Waals surface area contributed by atoms with Crippen LogP contribution in [-0.4, -0.2) is 49.4 Å². The Morgan fingerprint density at radius 1 is 0.814 bits per heavy atom. The summed E-state index contributed by atoms with van der Waals surface area (Å²) in [7, 11) is -7.29. The molecule has 4 aromatic rings. The Balaban J connectivity index is 0.00000207. The number of ketones is 2. The number of anilines is 3. The monoisotopic (exact) mass is 623 g/mol. The first-order valence-corrected chi connectivity index (χ1v) is 15.9. The first kappa shape index (κ1) is 31.4. The van der Waals surface area contributed by atoms with Crippen molar-refractivity contribution in [1.82, 2.24) is 4.31 Å². The van der Waals surface area contributed by atoms with E-state index >= 15 is 0 Å². The van der Waals surface area contributed by atoms with Crippen molar-refractivity contribution < 1.29 is 36.1 Å². The third-order valence-electron chi connectivity index (χ3n) is 6.66. The minimum Gasteiger partial charge on any atom is -0.508 e. The molecule has 1 aliphatic rings. The van der Waals surface area contributed by atoms with Gasteiger partial charge in [0, 0.05) is 30.4 Å². The molecule has 0 aliphatic heterocycles. The second-order valence-electron chi connectivity index (χ2n) is 9.34. The molecule has 0 atom stereocenters. The summed E-state index contributed by atoms with van der Waals surface area (Å²) in [5.41, 5.74) is 6.12. The number of phenols is 1. The van der Waals surface area contributed by atoms with E-state index in [1.54, 1.807) is 36.4 Å². The van der Waals surface area contributed by atoms with Crippen LogP contribution < -0.4 is 11.1 Å². The van der Waals surface area contributed by atoms with Crippen molar-refractivity contribution in [3.63, 3.8) is 0 Å². The Bertz CT molecular complexity index is 1940. The van der Waals surface area contributed by atoms with Crippen LogP contribution in [0.1, 0.15) is 51.3 Å². The van der Waals surface area contributed by atoms with Gasteiger partial charge in [0.15, 0.2) is 11.6 Å². The van der Waals surface area contributed by atoms with Crippen molar-refractivity contribution in [2.45, 2.75) is 30.2 Å². The maximum Gasteiger partial charge on any atom is 0.296 e. The Morgan fingerprint density at radius 2 is 1.35 bits per heavy atom. The smallest absolute Gasteiger partial charge is 0.296 e. The highest BCUT2D eigenvalue weighted by molar-refractivity contribution is 7.89. The average Bonchev–Trinajstić information content (AvgIpc) is 2.98. The zero-order chi connectivity index (χ0) is 31.7. The topological polar surface area (TPSA) is 184 Å².